The molecule has 17 heavy (non-hydrogen) atoms. The lowest BCUT2D eigenvalue weighted by atomic mass is 9.73. The van der Waals surface area contributed by atoms with E-state index >= 15 is 0 Å². The van der Waals surface area contributed by atoms with Crippen molar-refractivity contribution in [3.05, 3.63) is 0 Å². The minimum absolute atomic E-state index is 0.109. The molecule has 0 aromatic heterocycles. The van der Waals surface area contributed by atoms with Gasteiger partial charge in [0, 0.05) is 17.8 Å². The summed E-state index contributed by atoms with van der Waals surface area (Å²) in [5.41, 5.74) is 0.337. The predicted octanol–water partition coefficient (Wildman–Crippen LogP) is 2.26. The number of hydrogen-bond acceptors (Lipinski definition) is 3. The van der Waals surface area contributed by atoms with Crippen LogP contribution in [0.3, 0.4) is 0 Å². The van der Waals surface area contributed by atoms with Gasteiger partial charge in [-0.3, -0.25) is 0 Å². The van der Waals surface area contributed by atoms with Gasteiger partial charge in [0.2, 0.25) is 0 Å². The van der Waals surface area contributed by atoms with Gasteiger partial charge in [0.1, 0.15) is 9.84 Å². The highest BCUT2D eigenvalue weighted by atomic mass is 32.2. The van der Waals surface area contributed by atoms with Crippen molar-refractivity contribution in [2.75, 3.05) is 6.26 Å². The van der Waals surface area contributed by atoms with Crippen LogP contribution in [0.25, 0.3) is 0 Å². The van der Waals surface area contributed by atoms with Crippen molar-refractivity contribution in [1.29, 1.82) is 0 Å². The highest BCUT2D eigenvalue weighted by molar-refractivity contribution is 7.91. The minimum Gasteiger partial charge on any atom is -0.308 e. The smallest absolute Gasteiger partial charge is 0.150 e. The van der Waals surface area contributed by atoms with Gasteiger partial charge < -0.3 is 5.32 Å². The molecule has 0 spiro atoms. The first-order valence-corrected chi connectivity index (χ1v) is 8.87. The van der Waals surface area contributed by atoms with E-state index in [2.05, 4.69) is 12.2 Å². The molecule has 2 rings (SSSR count). The topological polar surface area (TPSA) is 46.2 Å². The van der Waals surface area contributed by atoms with Crippen molar-refractivity contribution in [3.8, 4) is 0 Å². The van der Waals surface area contributed by atoms with Gasteiger partial charge in [-0.15, -0.1) is 0 Å². The second-order valence-corrected chi connectivity index (χ2v) is 8.27. The highest BCUT2D eigenvalue weighted by Gasteiger charge is 2.38. The lowest BCUT2D eigenvalue weighted by Crippen LogP contribution is -2.56. The number of sulfone groups is 1. The van der Waals surface area contributed by atoms with E-state index in [-0.39, 0.29) is 5.25 Å². The normalized spacial score (nSPS) is 33.1. The van der Waals surface area contributed by atoms with Gasteiger partial charge in [-0.05, 0) is 44.9 Å². The molecule has 0 bridgehead atoms. The molecule has 0 aliphatic heterocycles. The van der Waals surface area contributed by atoms with Gasteiger partial charge in [0.25, 0.3) is 0 Å². The lowest BCUT2D eigenvalue weighted by Gasteiger charge is -2.46. The number of rotatable bonds is 4. The van der Waals surface area contributed by atoms with E-state index < -0.39 is 9.84 Å². The Morgan fingerprint density at radius 2 is 1.94 bits per heavy atom. The molecular formula is C13H25NO2S. The highest BCUT2D eigenvalue weighted by Crippen LogP contribution is 2.37. The first kappa shape index (κ1) is 13.3. The third-order valence-corrected chi connectivity index (χ3v) is 6.37. The monoisotopic (exact) mass is 259 g/mol. The van der Waals surface area contributed by atoms with Crippen LogP contribution >= 0.6 is 0 Å². The molecule has 2 atom stereocenters. The van der Waals surface area contributed by atoms with E-state index in [0.717, 1.165) is 25.7 Å². The van der Waals surface area contributed by atoms with Gasteiger partial charge in [-0.2, -0.15) is 0 Å². The summed E-state index contributed by atoms with van der Waals surface area (Å²) in [6, 6.07) is 0.420. The van der Waals surface area contributed by atoms with Crippen LogP contribution in [0.4, 0.5) is 0 Å². The maximum Gasteiger partial charge on any atom is 0.150 e. The first-order valence-electron chi connectivity index (χ1n) is 6.92. The Morgan fingerprint density at radius 1 is 1.24 bits per heavy atom. The second kappa shape index (κ2) is 4.88. The van der Waals surface area contributed by atoms with Crippen LogP contribution in [0.2, 0.25) is 0 Å². The van der Waals surface area contributed by atoms with Crippen molar-refractivity contribution < 1.29 is 8.42 Å². The van der Waals surface area contributed by atoms with Crippen LogP contribution in [0.15, 0.2) is 0 Å². The molecule has 0 radical (unpaired) electrons. The molecule has 2 saturated carbocycles. The van der Waals surface area contributed by atoms with Gasteiger partial charge in [0.05, 0.1) is 5.25 Å². The maximum absolute atomic E-state index is 11.6. The molecule has 2 aliphatic rings. The fraction of sp³-hybridized carbons (Fsp3) is 1.00. The Morgan fingerprint density at radius 3 is 2.41 bits per heavy atom. The third kappa shape index (κ3) is 3.02. The van der Waals surface area contributed by atoms with Crippen LogP contribution < -0.4 is 5.32 Å². The second-order valence-electron chi connectivity index (χ2n) is 5.95. The van der Waals surface area contributed by atoms with Crippen LogP contribution in [-0.4, -0.2) is 31.5 Å². The standard InChI is InChI=1S/C13H25NO2S/c1-3-13(8-5-9-13)14-11-6-4-7-12(10-11)17(2,15)16/h11-12,14H,3-10H2,1-2H3. The van der Waals surface area contributed by atoms with E-state index in [1.165, 1.54) is 31.9 Å². The molecule has 3 nitrogen and oxygen atoms in total. The lowest BCUT2D eigenvalue weighted by molar-refractivity contribution is 0.143. The molecule has 2 unspecified atom stereocenters. The predicted molar refractivity (Wildman–Crippen MR) is 70.9 cm³/mol. The quantitative estimate of drug-likeness (QED) is 0.842. The van der Waals surface area contributed by atoms with Crippen molar-refractivity contribution in [2.24, 2.45) is 0 Å². The number of nitrogens with one attached hydrogen (secondary N) is 1. The Bertz CT molecular complexity index is 354. The first-order chi connectivity index (χ1) is 7.95. The Balaban J connectivity index is 1.94. The maximum atomic E-state index is 11.6. The molecule has 2 aliphatic carbocycles. The van der Waals surface area contributed by atoms with Gasteiger partial charge in [-0.1, -0.05) is 13.3 Å². The molecule has 100 valence electrons. The average Bonchev–Trinajstić information content (AvgIpc) is 2.23. The fourth-order valence-corrected chi connectivity index (χ4v) is 4.48. The van der Waals surface area contributed by atoms with Gasteiger partial charge in [-0.25, -0.2) is 8.42 Å². The van der Waals surface area contributed by atoms with E-state index in [4.69, 9.17) is 0 Å². The molecule has 0 saturated heterocycles. The summed E-state index contributed by atoms with van der Waals surface area (Å²) in [7, 11) is -2.85. The van der Waals surface area contributed by atoms with E-state index in [9.17, 15) is 8.42 Å². The Hall–Kier alpha value is -0.0900. The van der Waals surface area contributed by atoms with Crippen molar-refractivity contribution in [2.45, 2.75) is 75.1 Å². The molecule has 0 amide bonds. The summed E-state index contributed by atoms with van der Waals surface area (Å²) in [5, 5.41) is 3.65. The van der Waals surface area contributed by atoms with Crippen LogP contribution in [-0.2, 0) is 9.84 Å². The third-order valence-electron chi connectivity index (χ3n) is 4.73. The molecular weight excluding hydrogens is 234 g/mol. The largest absolute Gasteiger partial charge is 0.308 e. The van der Waals surface area contributed by atoms with Crippen LogP contribution in [0.1, 0.15) is 58.3 Å². The summed E-state index contributed by atoms with van der Waals surface area (Å²) in [5.74, 6) is 0. The average molecular weight is 259 g/mol. The van der Waals surface area contributed by atoms with Crippen molar-refractivity contribution in [1.82, 2.24) is 5.32 Å². The zero-order valence-electron chi connectivity index (χ0n) is 11.0. The summed E-state index contributed by atoms with van der Waals surface area (Å²) < 4.78 is 23.2. The molecule has 1 N–H and O–H groups in total. The fourth-order valence-electron chi connectivity index (χ4n) is 3.30. The molecule has 4 heteroatoms. The van der Waals surface area contributed by atoms with Crippen LogP contribution in [0, 0.1) is 0 Å². The van der Waals surface area contributed by atoms with Crippen LogP contribution in [0.5, 0.6) is 0 Å². The zero-order chi connectivity index (χ0) is 12.5. The molecule has 0 aromatic carbocycles. The van der Waals surface area contributed by atoms with Gasteiger partial charge >= 0.3 is 0 Å². The van der Waals surface area contributed by atoms with Crippen molar-refractivity contribution >= 4 is 9.84 Å². The zero-order valence-corrected chi connectivity index (χ0v) is 11.9. The SMILES string of the molecule is CCC1(NC2CCCC(S(C)(=O)=O)C2)CCC1. The minimum atomic E-state index is -2.85. The summed E-state index contributed by atoms with van der Waals surface area (Å²) >= 11 is 0. The molecule has 2 fully saturated rings. The van der Waals surface area contributed by atoms with E-state index in [0.29, 0.717) is 11.6 Å². The summed E-state index contributed by atoms with van der Waals surface area (Å²) in [6.07, 6.45) is 10.3. The Kier molecular flexibility index (Phi) is 3.83. The summed E-state index contributed by atoms with van der Waals surface area (Å²) in [4.78, 5) is 0. The molecule has 0 aromatic rings. The van der Waals surface area contributed by atoms with E-state index in [1.807, 2.05) is 0 Å². The Labute approximate surface area is 105 Å². The van der Waals surface area contributed by atoms with Gasteiger partial charge in [0.15, 0.2) is 0 Å². The number of hydrogen-bond donors (Lipinski definition) is 1. The summed E-state index contributed by atoms with van der Waals surface area (Å²) in [6.45, 7) is 2.24. The molecule has 0 heterocycles. The van der Waals surface area contributed by atoms with E-state index in [1.54, 1.807) is 0 Å². The van der Waals surface area contributed by atoms with Crippen molar-refractivity contribution in [3.63, 3.8) is 0 Å².